The molecule has 0 radical (unpaired) electrons. The number of carbonyl (C=O) groups is 1. The molecule has 128 valence electrons. The van der Waals surface area contributed by atoms with Crippen molar-refractivity contribution in [3.63, 3.8) is 0 Å². The second-order valence-corrected chi connectivity index (χ2v) is 7.26. The molecule has 0 unspecified atom stereocenters. The van der Waals surface area contributed by atoms with E-state index in [1.807, 2.05) is 42.5 Å². The van der Waals surface area contributed by atoms with Gasteiger partial charge >= 0.3 is 0 Å². The molecule has 0 saturated heterocycles. The summed E-state index contributed by atoms with van der Waals surface area (Å²) < 4.78 is 1.07. The molecule has 0 fully saturated rings. The summed E-state index contributed by atoms with van der Waals surface area (Å²) in [6.45, 7) is 0. The minimum atomic E-state index is -0.224. The number of hydrogen-bond acceptors (Lipinski definition) is 3. The van der Waals surface area contributed by atoms with Gasteiger partial charge in [-0.1, -0.05) is 29.8 Å². The summed E-state index contributed by atoms with van der Waals surface area (Å²) in [6, 6.07) is 20.3. The fourth-order valence-electron chi connectivity index (χ4n) is 2.51. The first-order chi connectivity index (χ1) is 12.6. The Hall–Kier alpha value is -2.45. The van der Waals surface area contributed by atoms with Gasteiger partial charge in [0.05, 0.1) is 16.4 Å². The largest absolute Gasteiger partial charge is 0.321 e. The number of para-hydroxylation sites is 1. The van der Waals surface area contributed by atoms with Crippen molar-refractivity contribution in [1.29, 1.82) is 0 Å². The van der Waals surface area contributed by atoms with E-state index in [4.69, 9.17) is 11.6 Å². The average molecular weight is 475 g/mol. The molecule has 0 spiro atoms. The second-order valence-electron chi connectivity index (χ2n) is 5.61. The van der Waals surface area contributed by atoms with E-state index in [-0.39, 0.29) is 5.91 Å². The Balaban J connectivity index is 1.66. The number of halogens is 2. The van der Waals surface area contributed by atoms with E-state index in [0.29, 0.717) is 27.3 Å². The zero-order valence-corrected chi connectivity index (χ0v) is 16.3. The van der Waals surface area contributed by atoms with Crippen LogP contribution in [0.15, 0.2) is 66.7 Å². The van der Waals surface area contributed by atoms with E-state index in [2.05, 4.69) is 38.1 Å². The molecule has 0 atom stereocenters. The van der Waals surface area contributed by atoms with Crippen molar-refractivity contribution < 1.29 is 4.79 Å². The van der Waals surface area contributed by atoms with Gasteiger partial charge in [-0.05, 0) is 71.1 Å². The lowest BCUT2D eigenvalue weighted by Crippen LogP contribution is -2.12. The summed E-state index contributed by atoms with van der Waals surface area (Å²) in [5.41, 5.74) is 3.23. The monoisotopic (exact) mass is 474 g/mol. The molecule has 1 amide bonds. The number of aromatic nitrogens is 3. The van der Waals surface area contributed by atoms with Crippen LogP contribution in [0.4, 0.5) is 5.69 Å². The molecule has 1 N–H and O–H groups in total. The molecule has 0 aliphatic heterocycles. The van der Waals surface area contributed by atoms with E-state index < -0.39 is 0 Å². The van der Waals surface area contributed by atoms with Gasteiger partial charge in [0, 0.05) is 9.13 Å². The Morgan fingerprint density at radius 3 is 2.31 bits per heavy atom. The van der Waals surface area contributed by atoms with Gasteiger partial charge in [0.1, 0.15) is 11.0 Å². The Labute approximate surface area is 168 Å². The first-order valence-electron chi connectivity index (χ1n) is 7.79. The highest BCUT2D eigenvalue weighted by Crippen LogP contribution is 2.27. The lowest BCUT2D eigenvalue weighted by atomic mass is 10.2. The first kappa shape index (κ1) is 17.0. The maximum Gasteiger partial charge on any atom is 0.255 e. The maximum absolute atomic E-state index is 12.4. The third kappa shape index (κ3) is 3.42. The van der Waals surface area contributed by atoms with Gasteiger partial charge in [-0.3, -0.25) is 4.79 Å². The molecule has 3 aromatic carbocycles. The summed E-state index contributed by atoms with van der Waals surface area (Å²) in [5, 5.41) is 12.2. The number of fused-ring (bicyclic) bond motifs is 1. The van der Waals surface area contributed by atoms with Crippen molar-refractivity contribution in [2.75, 3.05) is 5.32 Å². The highest BCUT2D eigenvalue weighted by atomic mass is 127. The van der Waals surface area contributed by atoms with Crippen LogP contribution in [-0.4, -0.2) is 20.9 Å². The summed E-state index contributed by atoms with van der Waals surface area (Å²) in [6.07, 6.45) is 0. The number of benzene rings is 3. The number of rotatable bonds is 3. The SMILES string of the molecule is O=C(Nc1cc2nn(-c3ccccc3)nc2cc1Cl)c1ccc(I)cc1. The number of anilines is 1. The minimum absolute atomic E-state index is 0.224. The molecular weight excluding hydrogens is 463 g/mol. The van der Waals surface area contributed by atoms with Crippen molar-refractivity contribution in [2.24, 2.45) is 0 Å². The maximum atomic E-state index is 12.4. The summed E-state index contributed by atoms with van der Waals surface area (Å²) in [4.78, 5) is 14.0. The lowest BCUT2D eigenvalue weighted by molar-refractivity contribution is 0.102. The molecule has 1 heterocycles. The smallest absolute Gasteiger partial charge is 0.255 e. The molecule has 0 aliphatic rings. The zero-order valence-electron chi connectivity index (χ0n) is 13.4. The molecule has 7 heteroatoms. The number of nitrogens with one attached hydrogen (secondary N) is 1. The highest BCUT2D eigenvalue weighted by Gasteiger charge is 2.12. The van der Waals surface area contributed by atoms with E-state index in [0.717, 1.165) is 9.26 Å². The van der Waals surface area contributed by atoms with Crippen LogP contribution in [0.25, 0.3) is 16.7 Å². The summed E-state index contributed by atoms with van der Waals surface area (Å²) in [5.74, 6) is -0.224. The quantitative estimate of drug-likeness (QED) is 0.428. The minimum Gasteiger partial charge on any atom is -0.321 e. The fourth-order valence-corrected chi connectivity index (χ4v) is 3.07. The van der Waals surface area contributed by atoms with Gasteiger partial charge in [0.15, 0.2) is 0 Å². The third-order valence-electron chi connectivity index (χ3n) is 3.81. The van der Waals surface area contributed by atoms with Crippen LogP contribution in [0.2, 0.25) is 5.02 Å². The standard InChI is InChI=1S/C19H12ClIN4O/c20-15-10-17-18(24-25(23-17)14-4-2-1-3-5-14)11-16(15)22-19(26)12-6-8-13(21)9-7-12/h1-11H,(H,22,26). The first-order valence-corrected chi connectivity index (χ1v) is 9.25. The molecular formula is C19H12ClIN4O. The Morgan fingerprint density at radius 2 is 1.62 bits per heavy atom. The molecule has 1 aromatic heterocycles. The van der Waals surface area contributed by atoms with Crippen molar-refractivity contribution in [3.05, 3.63) is 80.9 Å². The fraction of sp³-hybridized carbons (Fsp3) is 0. The Bertz CT molecular complexity index is 1090. The average Bonchev–Trinajstić information content (AvgIpc) is 3.06. The summed E-state index contributed by atoms with van der Waals surface area (Å²) >= 11 is 8.52. The van der Waals surface area contributed by atoms with Crippen LogP contribution in [0, 0.1) is 3.57 Å². The number of carbonyl (C=O) groups excluding carboxylic acids is 1. The van der Waals surface area contributed by atoms with E-state index in [1.165, 1.54) is 0 Å². The normalized spacial score (nSPS) is 10.8. The van der Waals surface area contributed by atoms with Gasteiger partial charge in [0.2, 0.25) is 0 Å². The van der Waals surface area contributed by atoms with E-state index in [9.17, 15) is 4.79 Å². The molecule has 0 aliphatic carbocycles. The molecule has 0 bridgehead atoms. The van der Waals surface area contributed by atoms with Crippen LogP contribution in [0.3, 0.4) is 0 Å². The van der Waals surface area contributed by atoms with Gasteiger partial charge in [-0.25, -0.2) is 0 Å². The van der Waals surface area contributed by atoms with Gasteiger partial charge in [0.25, 0.3) is 5.91 Å². The predicted octanol–water partition coefficient (Wildman–Crippen LogP) is 4.93. The van der Waals surface area contributed by atoms with Crippen LogP contribution in [-0.2, 0) is 0 Å². The Kier molecular flexibility index (Phi) is 4.60. The van der Waals surface area contributed by atoms with Crippen molar-refractivity contribution >= 4 is 56.8 Å². The number of nitrogens with zero attached hydrogens (tertiary/aromatic N) is 3. The van der Waals surface area contributed by atoms with Gasteiger partial charge < -0.3 is 5.32 Å². The number of hydrogen-bond donors (Lipinski definition) is 1. The molecule has 26 heavy (non-hydrogen) atoms. The van der Waals surface area contributed by atoms with Gasteiger partial charge in [-0.2, -0.15) is 4.80 Å². The van der Waals surface area contributed by atoms with Crippen molar-refractivity contribution in [2.45, 2.75) is 0 Å². The Morgan fingerprint density at radius 1 is 0.962 bits per heavy atom. The van der Waals surface area contributed by atoms with E-state index in [1.54, 1.807) is 29.1 Å². The third-order valence-corrected chi connectivity index (χ3v) is 4.84. The highest BCUT2D eigenvalue weighted by molar-refractivity contribution is 14.1. The van der Waals surface area contributed by atoms with Crippen LogP contribution >= 0.6 is 34.2 Å². The van der Waals surface area contributed by atoms with Crippen LogP contribution < -0.4 is 5.32 Å². The lowest BCUT2D eigenvalue weighted by Gasteiger charge is -2.07. The topological polar surface area (TPSA) is 59.8 Å². The second kappa shape index (κ2) is 7.05. The molecule has 4 aromatic rings. The van der Waals surface area contributed by atoms with Gasteiger partial charge in [-0.15, -0.1) is 10.2 Å². The number of amides is 1. The van der Waals surface area contributed by atoms with Crippen LogP contribution in [0.1, 0.15) is 10.4 Å². The van der Waals surface area contributed by atoms with E-state index >= 15 is 0 Å². The van der Waals surface area contributed by atoms with Crippen molar-refractivity contribution in [1.82, 2.24) is 15.0 Å². The molecule has 0 saturated carbocycles. The van der Waals surface area contributed by atoms with Crippen LogP contribution in [0.5, 0.6) is 0 Å². The molecule has 5 nitrogen and oxygen atoms in total. The predicted molar refractivity (Wildman–Crippen MR) is 111 cm³/mol. The zero-order chi connectivity index (χ0) is 18.1. The van der Waals surface area contributed by atoms with Crippen molar-refractivity contribution in [3.8, 4) is 5.69 Å². The summed E-state index contributed by atoms with van der Waals surface area (Å²) in [7, 11) is 0. The molecule has 4 rings (SSSR count).